The van der Waals surface area contributed by atoms with E-state index in [1.54, 1.807) is 6.92 Å². The first-order valence-corrected chi connectivity index (χ1v) is 5.05. The molecule has 1 aliphatic rings. The van der Waals surface area contributed by atoms with E-state index in [9.17, 15) is 9.90 Å². The molecule has 0 unspecified atom stereocenters. The molecular formula is C10H19NO2. The molecule has 0 aromatic rings. The third-order valence-electron chi connectivity index (χ3n) is 2.85. The Morgan fingerprint density at radius 3 is 2.38 bits per heavy atom. The Hall–Kier alpha value is -0.570. The zero-order valence-corrected chi connectivity index (χ0v) is 8.55. The number of nitrogens with zero attached hydrogens (tertiary/aromatic N) is 1. The summed E-state index contributed by atoms with van der Waals surface area (Å²) >= 11 is 0. The average Bonchev–Trinajstić information content (AvgIpc) is 2.05. The van der Waals surface area contributed by atoms with Gasteiger partial charge in [-0.25, -0.2) is 0 Å². The van der Waals surface area contributed by atoms with Gasteiger partial charge in [0, 0.05) is 20.0 Å². The Morgan fingerprint density at radius 2 is 2.00 bits per heavy atom. The van der Waals surface area contributed by atoms with Gasteiger partial charge in [-0.15, -0.1) is 0 Å². The second-order valence-electron chi connectivity index (χ2n) is 3.98. The highest BCUT2D eigenvalue weighted by atomic mass is 16.3. The third kappa shape index (κ3) is 2.69. The molecule has 1 amide bonds. The van der Waals surface area contributed by atoms with Gasteiger partial charge in [0.15, 0.2) is 0 Å². The van der Waals surface area contributed by atoms with E-state index in [1.165, 1.54) is 0 Å². The number of amides is 1. The maximum Gasteiger partial charge on any atom is 0.219 e. The predicted octanol–water partition coefficient (Wildman–Crippen LogP) is 1.16. The number of likely N-dealkylation sites (tertiary alicyclic amines) is 1. The topological polar surface area (TPSA) is 40.5 Å². The molecule has 1 fully saturated rings. The van der Waals surface area contributed by atoms with Crippen LogP contribution in [-0.4, -0.2) is 34.6 Å². The first-order valence-electron chi connectivity index (χ1n) is 5.05. The highest BCUT2D eigenvalue weighted by Crippen LogP contribution is 2.26. The van der Waals surface area contributed by atoms with Crippen LogP contribution in [0.4, 0.5) is 0 Å². The van der Waals surface area contributed by atoms with Crippen molar-refractivity contribution < 1.29 is 9.90 Å². The summed E-state index contributed by atoms with van der Waals surface area (Å²) < 4.78 is 0. The van der Waals surface area contributed by atoms with Gasteiger partial charge in [-0.3, -0.25) is 4.79 Å². The maximum absolute atomic E-state index is 11.0. The lowest BCUT2D eigenvalue weighted by molar-refractivity contribution is -0.133. The van der Waals surface area contributed by atoms with Crippen LogP contribution in [0, 0.1) is 0 Å². The number of carbonyl (C=O) groups is 1. The van der Waals surface area contributed by atoms with Crippen LogP contribution in [0.2, 0.25) is 0 Å². The molecule has 3 heteroatoms. The largest absolute Gasteiger partial charge is 0.390 e. The second kappa shape index (κ2) is 4.09. The zero-order valence-electron chi connectivity index (χ0n) is 8.55. The van der Waals surface area contributed by atoms with Gasteiger partial charge in [-0.05, 0) is 19.3 Å². The molecule has 3 nitrogen and oxygen atoms in total. The van der Waals surface area contributed by atoms with Crippen molar-refractivity contribution in [2.45, 2.75) is 45.1 Å². The van der Waals surface area contributed by atoms with Gasteiger partial charge in [0.2, 0.25) is 5.91 Å². The van der Waals surface area contributed by atoms with Gasteiger partial charge in [0.1, 0.15) is 0 Å². The maximum atomic E-state index is 11.0. The van der Waals surface area contributed by atoms with E-state index in [0.717, 1.165) is 25.7 Å². The molecule has 0 aliphatic carbocycles. The lowest BCUT2D eigenvalue weighted by Crippen LogP contribution is -2.45. The summed E-state index contributed by atoms with van der Waals surface area (Å²) in [4.78, 5) is 12.8. The fourth-order valence-electron chi connectivity index (χ4n) is 1.95. The lowest BCUT2D eigenvalue weighted by atomic mass is 9.87. The quantitative estimate of drug-likeness (QED) is 0.701. The Kier molecular flexibility index (Phi) is 3.31. The van der Waals surface area contributed by atoms with Crippen molar-refractivity contribution in [1.29, 1.82) is 0 Å². The van der Waals surface area contributed by atoms with Gasteiger partial charge >= 0.3 is 0 Å². The van der Waals surface area contributed by atoms with Crippen molar-refractivity contribution in [3.05, 3.63) is 0 Å². The van der Waals surface area contributed by atoms with E-state index in [4.69, 9.17) is 0 Å². The second-order valence-corrected chi connectivity index (χ2v) is 3.98. The summed E-state index contributed by atoms with van der Waals surface area (Å²) in [6, 6.07) is 0. The SMILES string of the molecule is CCCC1(O)CCN(C(C)=O)CC1. The number of carbonyl (C=O) groups excluding carboxylic acids is 1. The fraction of sp³-hybridized carbons (Fsp3) is 0.900. The van der Waals surface area contributed by atoms with Crippen molar-refractivity contribution in [3.8, 4) is 0 Å². The predicted molar refractivity (Wildman–Crippen MR) is 51.3 cm³/mol. The van der Waals surface area contributed by atoms with Crippen LogP contribution in [-0.2, 0) is 4.79 Å². The zero-order chi connectivity index (χ0) is 9.90. The van der Waals surface area contributed by atoms with E-state index in [2.05, 4.69) is 6.92 Å². The highest BCUT2D eigenvalue weighted by Gasteiger charge is 2.31. The van der Waals surface area contributed by atoms with E-state index < -0.39 is 5.60 Å². The van der Waals surface area contributed by atoms with Crippen LogP contribution in [0.1, 0.15) is 39.5 Å². The minimum absolute atomic E-state index is 0.124. The number of aliphatic hydroxyl groups is 1. The van der Waals surface area contributed by atoms with E-state index in [0.29, 0.717) is 13.1 Å². The molecule has 0 aromatic carbocycles. The monoisotopic (exact) mass is 185 g/mol. The molecule has 76 valence electrons. The minimum Gasteiger partial charge on any atom is -0.390 e. The molecule has 0 spiro atoms. The summed E-state index contributed by atoms with van der Waals surface area (Å²) in [5.41, 5.74) is -0.499. The van der Waals surface area contributed by atoms with Crippen molar-refractivity contribution in [2.75, 3.05) is 13.1 Å². The minimum atomic E-state index is -0.499. The van der Waals surface area contributed by atoms with Crippen molar-refractivity contribution in [3.63, 3.8) is 0 Å². The van der Waals surface area contributed by atoms with Gasteiger partial charge < -0.3 is 10.0 Å². The Balaban J connectivity index is 2.41. The number of rotatable bonds is 2. The van der Waals surface area contributed by atoms with Crippen LogP contribution in [0.5, 0.6) is 0 Å². The van der Waals surface area contributed by atoms with Crippen molar-refractivity contribution in [2.24, 2.45) is 0 Å². The summed E-state index contributed by atoms with van der Waals surface area (Å²) in [6.07, 6.45) is 3.34. The first kappa shape index (κ1) is 10.5. The van der Waals surface area contributed by atoms with E-state index in [-0.39, 0.29) is 5.91 Å². The molecule has 0 radical (unpaired) electrons. The molecule has 1 rings (SSSR count). The molecule has 1 aliphatic heterocycles. The number of piperidine rings is 1. The van der Waals surface area contributed by atoms with Crippen LogP contribution < -0.4 is 0 Å². The average molecular weight is 185 g/mol. The summed E-state index contributed by atoms with van der Waals surface area (Å²) in [5, 5.41) is 10.0. The highest BCUT2D eigenvalue weighted by molar-refractivity contribution is 5.73. The molecule has 1 N–H and O–H groups in total. The normalized spacial score (nSPS) is 21.6. The van der Waals surface area contributed by atoms with Gasteiger partial charge in [0.05, 0.1) is 5.60 Å². The first-order chi connectivity index (χ1) is 6.07. The third-order valence-corrected chi connectivity index (χ3v) is 2.85. The fourth-order valence-corrected chi connectivity index (χ4v) is 1.95. The molecule has 1 heterocycles. The van der Waals surface area contributed by atoms with Crippen LogP contribution in [0.15, 0.2) is 0 Å². The summed E-state index contributed by atoms with van der Waals surface area (Å²) in [7, 11) is 0. The van der Waals surface area contributed by atoms with E-state index >= 15 is 0 Å². The summed E-state index contributed by atoms with van der Waals surface area (Å²) in [6.45, 7) is 5.09. The molecule has 13 heavy (non-hydrogen) atoms. The van der Waals surface area contributed by atoms with Crippen molar-refractivity contribution >= 4 is 5.91 Å². The Bertz CT molecular complexity index is 183. The standard InChI is InChI=1S/C10H19NO2/c1-3-4-10(13)5-7-11(8-6-10)9(2)12/h13H,3-8H2,1-2H3. The Morgan fingerprint density at radius 1 is 1.46 bits per heavy atom. The molecular weight excluding hydrogens is 166 g/mol. The van der Waals surface area contributed by atoms with E-state index in [1.807, 2.05) is 4.90 Å². The van der Waals surface area contributed by atoms with Crippen LogP contribution in [0.25, 0.3) is 0 Å². The lowest BCUT2D eigenvalue weighted by Gasteiger charge is -2.37. The molecule has 0 bridgehead atoms. The van der Waals surface area contributed by atoms with Crippen LogP contribution in [0.3, 0.4) is 0 Å². The molecule has 0 saturated carbocycles. The summed E-state index contributed by atoms with van der Waals surface area (Å²) in [5.74, 6) is 0.124. The van der Waals surface area contributed by atoms with Crippen LogP contribution >= 0.6 is 0 Å². The molecule has 1 saturated heterocycles. The molecule has 0 aromatic heterocycles. The number of hydrogen-bond donors (Lipinski definition) is 1. The van der Waals surface area contributed by atoms with Gasteiger partial charge in [-0.2, -0.15) is 0 Å². The number of hydrogen-bond acceptors (Lipinski definition) is 2. The van der Waals surface area contributed by atoms with Gasteiger partial charge in [-0.1, -0.05) is 13.3 Å². The smallest absolute Gasteiger partial charge is 0.219 e. The Labute approximate surface area is 79.7 Å². The van der Waals surface area contributed by atoms with Gasteiger partial charge in [0.25, 0.3) is 0 Å². The molecule has 0 atom stereocenters. The van der Waals surface area contributed by atoms with Crippen molar-refractivity contribution in [1.82, 2.24) is 4.90 Å².